The molecule has 1 saturated carbocycles. The summed E-state index contributed by atoms with van der Waals surface area (Å²) in [6.07, 6.45) is 3.80. The molecular formula is C8H14NO2+. The number of hydrogen-bond donors (Lipinski definition) is 1. The molecule has 2 N–H and O–H groups in total. The van der Waals surface area contributed by atoms with Crippen LogP contribution in [0.2, 0.25) is 0 Å². The normalized spacial score (nSPS) is 29.6. The first kappa shape index (κ1) is 7.25. The van der Waals surface area contributed by atoms with Crippen molar-refractivity contribution in [3.05, 3.63) is 0 Å². The highest BCUT2D eigenvalue weighted by Gasteiger charge is 2.40. The third kappa shape index (κ3) is 1.30. The summed E-state index contributed by atoms with van der Waals surface area (Å²) >= 11 is 0. The number of hydrogen-bond acceptors (Lipinski definition) is 2. The lowest BCUT2D eigenvalue weighted by Crippen LogP contribution is -2.46. The second-order valence-corrected chi connectivity index (χ2v) is 3.27. The third-order valence-corrected chi connectivity index (χ3v) is 2.47. The van der Waals surface area contributed by atoms with Gasteiger partial charge in [0.25, 0.3) is 0 Å². The smallest absolute Gasteiger partial charge is 0.169 e. The van der Waals surface area contributed by atoms with Crippen molar-refractivity contribution in [2.24, 2.45) is 0 Å². The molecule has 0 radical (unpaired) electrons. The Morgan fingerprint density at radius 2 is 1.64 bits per heavy atom. The van der Waals surface area contributed by atoms with Gasteiger partial charge in [-0.3, -0.25) is 5.41 Å². The second kappa shape index (κ2) is 2.57. The molecule has 11 heavy (non-hydrogen) atoms. The SMILES string of the molecule is [NH2+]=C1CCC2(CC1)OCCO2. The van der Waals surface area contributed by atoms with Crippen molar-refractivity contribution in [1.29, 1.82) is 0 Å². The van der Waals surface area contributed by atoms with Gasteiger partial charge in [-0.2, -0.15) is 0 Å². The highest BCUT2D eigenvalue weighted by Crippen LogP contribution is 2.33. The van der Waals surface area contributed by atoms with Crippen LogP contribution in [0.4, 0.5) is 0 Å². The van der Waals surface area contributed by atoms with Gasteiger partial charge in [-0.15, -0.1) is 0 Å². The van der Waals surface area contributed by atoms with E-state index in [4.69, 9.17) is 14.9 Å². The summed E-state index contributed by atoms with van der Waals surface area (Å²) in [5, 5.41) is 5.69. The first-order chi connectivity index (χ1) is 5.31. The Hall–Kier alpha value is -0.410. The van der Waals surface area contributed by atoms with E-state index in [1.54, 1.807) is 0 Å². The molecule has 62 valence electrons. The molecule has 0 amide bonds. The average Bonchev–Trinajstić information content (AvgIpc) is 2.45. The predicted molar refractivity (Wildman–Crippen MR) is 40.0 cm³/mol. The van der Waals surface area contributed by atoms with Crippen LogP contribution in [0.5, 0.6) is 0 Å². The Bertz CT molecular complexity index is 161. The summed E-state index contributed by atoms with van der Waals surface area (Å²) in [6, 6.07) is 0. The Morgan fingerprint density at radius 3 is 2.18 bits per heavy atom. The lowest BCUT2D eigenvalue weighted by Gasteiger charge is -2.29. The topological polar surface area (TPSA) is 44.0 Å². The van der Waals surface area contributed by atoms with Gasteiger partial charge < -0.3 is 9.47 Å². The number of nitrogens with two attached hydrogens (primary N) is 1. The minimum atomic E-state index is -0.247. The van der Waals surface area contributed by atoms with Crippen LogP contribution in [-0.2, 0) is 9.47 Å². The molecular weight excluding hydrogens is 142 g/mol. The molecule has 0 unspecified atom stereocenters. The van der Waals surface area contributed by atoms with Crippen molar-refractivity contribution in [3.8, 4) is 0 Å². The highest BCUT2D eigenvalue weighted by molar-refractivity contribution is 5.79. The molecule has 3 nitrogen and oxygen atoms in total. The fraction of sp³-hybridized carbons (Fsp3) is 0.875. The summed E-state index contributed by atoms with van der Waals surface area (Å²) in [6.45, 7) is 1.50. The van der Waals surface area contributed by atoms with Crippen LogP contribution in [0, 0.1) is 0 Å². The van der Waals surface area contributed by atoms with Crippen molar-refractivity contribution >= 4 is 5.71 Å². The van der Waals surface area contributed by atoms with E-state index in [-0.39, 0.29) is 5.79 Å². The summed E-state index contributed by atoms with van der Waals surface area (Å²) in [5.41, 5.74) is 1.09. The molecule has 0 aromatic carbocycles. The minimum Gasteiger partial charge on any atom is -0.348 e. The van der Waals surface area contributed by atoms with Crippen molar-refractivity contribution in [2.45, 2.75) is 31.5 Å². The van der Waals surface area contributed by atoms with Gasteiger partial charge in [-0.05, 0) is 0 Å². The summed E-state index contributed by atoms with van der Waals surface area (Å²) in [7, 11) is 0. The maximum absolute atomic E-state index is 5.69. The van der Waals surface area contributed by atoms with Crippen LogP contribution in [0.3, 0.4) is 0 Å². The summed E-state index contributed by atoms with van der Waals surface area (Å²) < 4.78 is 11.1. The second-order valence-electron chi connectivity index (χ2n) is 3.27. The zero-order chi connectivity index (χ0) is 7.73. The monoisotopic (exact) mass is 156 g/mol. The number of ether oxygens (including phenoxy) is 2. The summed E-state index contributed by atoms with van der Waals surface area (Å²) in [5.74, 6) is -0.247. The molecule has 0 aromatic rings. The molecule has 1 spiro atoms. The minimum absolute atomic E-state index is 0.247. The Kier molecular flexibility index (Phi) is 1.69. The van der Waals surface area contributed by atoms with E-state index in [1.165, 1.54) is 0 Å². The van der Waals surface area contributed by atoms with Crippen LogP contribution < -0.4 is 5.41 Å². The van der Waals surface area contributed by atoms with Crippen LogP contribution in [0.25, 0.3) is 0 Å². The first-order valence-corrected chi connectivity index (χ1v) is 4.19. The maximum atomic E-state index is 5.69. The molecule has 2 fully saturated rings. The van der Waals surface area contributed by atoms with Gasteiger partial charge in [0.15, 0.2) is 5.79 Å². The average molecular weight is 156 g/mol. The quantitative estimate of drug-likeness (QED) is 0.514. The molecule has 3 heteroatoms. The van der Waals surface area contributed by atoms with Crippen molar-refractivity contribution in [1.82, 2.24) is 0 Å². The van der Waals surface area contributed by atoms with Crippen molar-refractivity contribution < 1.29 is 14.9 Å². The zero-order valence-corrected chi connectivity index (χ0v) is 6.64. The van der Waals surface area contributed by atoms with Crippen LogP contribution >= 0.6 is 0 Å². The zero-order valence-electron chi connectivity index (χ0n) is 6.64. The van der Waals surface area contributed by atoms with E-state index in [0.717, 1.165) is 44.6 Å². The fourth-order valence-electron chi connectivity index (χ4n) is 1.74. The van der Waals surface area contributed by atoms with Gasteiger partial charge in [0, 0.05) is 25.7 Å². The maximum Gasteiger partial charge on any atom is 0.169 e. The van der Waals surface area contributed by atoms with E-state index in [0.29, 0.717) is 0 Å². The van der Waals surface area contributed by atoms with E-state index < -0.39 is 0 Å². The van der Waals surface area contributed by atoms with Gasteiger partial charge in [0.2, 0.25) is 0 Å². The highest BCUT2D eigenvalue weighted by atomic mass is 16.7. The Balaban J connectivity index is 1.99. The van der Waals surface area contributed by atoms with Gasteiger partial charge in [0.05, 0.1) is 13.2 Å². The van der Waals surface area contributed by atoms with Gasteiger partial charge in [-0.25, -0.2) is 0 Å². The molecule has 2 aliphatic rings. The van der Waals surface area contributed by atoms with E-state index in [9.17, 15) is 0 Å². The predicted octanol–water partition coefficient (Wildman–Crippen LogP) is -0.496. The fourth-order valence-corrected chi connectivity index (χ4v) is 1.74. The molecule has 0 atom stereocenters. The lowest BCUT2D eigenvalue weighted by molar-refractivity contribution is -0.179. The lowest BCUT2D eigenvalue weighted by atomic mass is 9.93. The molecule has 1 saturated heterocycles. The van der Waals surface area contributed by atoms with E-state index in [1.807, 2.05) is 0 Å². The summed E-state index contributed by atoms with van der Waals surface area (Å²) in [4.78, 5) is 0. The van der Waals surface area contributed by atoms with Crippen molar-refractivity contribution in [2.75, 3.05) is 13.2 Å². The Labute approximate surface area is 66.2 Å². The van der Waals surface area contributed by atoms with Gasteiger partial charge in [-0.1, -0.05) is 0 Å². The standard InChI is InChI=1S/C8H13NO2/c9-7-1-3-8(4-2-7)10-5-6-11-8/h9H,1-6H2/p+1. The molecule has 0 aromatic heterocycles. The van der Waals surface area contributed by atoms with Crippen molar-refractivity contribution in [3.63, 3.8) is 0 Å². The Morgan fingerprint density at radius 1 is 1.09 bits per heavy atom. The van der Waals surface area contributed by atoms with E-state index in [2.05, 4.69) is 0 Å². The molecule has 2 rings (SSSR count). The van der Waals surface area contributed by atoms with Gasteiger partial charge in [0.1, 0.15) is 5.71 Å². The van der Waals surface area contributed by atoms with Crippen LogP contribution in [0.1, 0.15) is 25.7 Å². The first-order valence-electron chi connectivity index (χ1n) is 4.19. The van der Waals surface area contributed by atoms with E-state index >= 15 is 0 Å². The molecule has 0 bridgehead atoms. The molecule has 1 heterocycles. The molecule has 1 aliphatic heterocycles. The van der Waals surface area contributed by atoms with Crippen LogP contribution in [-0.4, -0.2) is 24.7 Å². The number of rotatable bonds is 0. The molecule has 1 aliphatic carbocycles. The van der Waals surface area contributed by atoms with Gasteiger partial charge >= 0.3 is 0 Å². The largest absolute Gasteiger partial charge is 0.348 e. The van der Waals surface area contributed by atoms with Crippen LogP contribution in [0.15, 0.2) is 0 Å². The third-order valence-electron chi connectivity index (χ3n) is 2.47.